The number of rotatable bonds is 4. The molecule has 4 N–H and O–H groups in total. The first-order valence-corrected chi connectivity index (χ1v) is 10.6. The van der Waals surface area contributed by atoms with Crippen LogP contribution in [0.15, 0.2) is 48.5 Å². The third-order valence-corrected chi connectivity index (χ3v) is 6.37. The van der Waals surface area contributed by atoms with Crippen molar-refractivity contribution in [2.45, 2.75) is 31.3 Å². The van der Waals surface area contributed by atoms with Crippen LogP contribution in [0, 0.1) is 6.92 Å². The van der Waals surface area contributed by atoms with Crippen LogP contribution in [-0.2, 0) is 16.0 Å². The molecule has 2 aliphatic rings. The summed E-state index contributed by atoms with van der Waals surface area (Å²) in [5.74, 6) is -0.767. The summed E-state index contributed by atoms with van der Waals surface area (Å²) in [6.07, 6.45) is 1.18. The van der Waals surface area contributed by atoms with Crippen LogP contribution < -0.4 is 16.0 Å². The standard InChI is InChI=1S/C24H24N4O4/c1-14-18(17-4-2-3-5-19(17)25-14)12-15-6-8-16(9-7-15)21(29)26-20-10-11-32-13-24(20)22(30)27-23(31)28-24/h2-9,20,25H,10-13H2,1H3,(H,26,29)(H2,27,28,30,31). The van der Waals surface area contributed by atoms with Gasteiger partial charge in [0.25, 0.3) is 11.8 Å². The Morgan fingerprint density at radius 3 is 2.69 bits per heavy atom. The Bertz CT molecular complexity index is 1220. The highest BCUT2D eigenvalue weighted by Gasteiger charge is 2.54. The monoisotopic (exact) mass is 432 g/mol. The molecule has 8 nitrogen and oxygen atoms in total. The minimum absolute atomic E-state index is 0.0262. The first kappa shape index (κ1) is 20.3. The van der Waals surface area contributed by atoms with E-state index in [9.17, 15) is 14.4 Å². The van der Waals surface area contributed by atoms with Crippen molar-refractivity contribution in [1.82, 2.24) is 20.9 Å². The summed E-state index contributed by atoms with van der Waals surface area (Å²) in [6.45, 7) is 2.50. The fraction of sp³-hybridized carbons (Fsp3) is 0.292. The van der Waals surface area contributed by atoms with Crippen molar-refractivity contribution in [2.24, 2.45) is 0 Å². The molecule has 0 bridgehead atoms. The maximum absolute atomic E-state index is 12.9. The van der Waals surface area contributed by atoms with E-state index in [1.807, 2.05) is 24.3 Å². The molecule has 4 amide bonds. The molecule has 2 aliphatic heterocycles. The zero-order chi connectivity index (χ0) is 22.3. The number of hydrogen-bond acceptors (Lipinski definition) is 4. The number of carbonyl (C=O) groups is 3. The number of carbonyl (C=O) groups excluding carboxylic acids is 3. The Balaban J connectivity index is 1.31. The van der Waals surface area contributed by atoms with Crippen molar-refractivity contribution in [1.29, 1.82) is 0 Å². The number of hydrogen-bond donors (Lipinski definition) is 4. The minimum Gasteiger partial charge on any atom is -0.378 e. The van der Waals surface area contributed by atoms with Gasteiger partial charge in [-0.2, -0.15) is 0 Å². The van der Waals surface area contributed by atoms with E-state index in [4.69, 9.17) is 4.74 Å². The highest BCUT2D eigenvalue weighted by Crippen LogP contribution is 2.26. The van der Waals surface area contributed by atoms with Gasteiger partial charge in [0.15, 0.2) is 5.54 Å². The van der Waals surface area contributed by atoms with Gasteiger partial charge in [0.2, 0.25) is 0 Å². The highest BCUT2D eigenvalue weighted by molar-refractivity contribution is 6.08. The topological polar surface area (TPSA) is 112 Å². The van der Waals surface area contributed by atoms with Gasteiger partial charge in [-0.15, -0.1) is 0 Å². The van der Waals surface area contributed by atoms with E-state index < -0.39 is 23.5 Å². The SMILES string of the molecule is Cc1[nH]c2ccccc2c1Cc1ccc(C(=O)NC2CCOCC23NC(=O)NC3=O)cc1. The van der Waals surface area contributed by atoms with E-state index in [0.29, 0.717) is 18.6 Å². The van der Waals surface area contributed by atoms with Gasteiger partial charge < -0.3 is 20.4 Å². The molecule has 164 valence electrons. The van der Waals surface area contributed by atoms with Gasteiger partial charge in [-0.05, 0) is 49.1 Å². The molecule has 2 aromatic carbocycles. The lowest BCUT2D eigenvalue weighted by Gasteiger charge is -2.38. The number of amides is 4. The van der Waals surface area contributed by atoms with E-state index in [-0.39, 0.29) is 12.5 Å². The Kier molecular flexibility index (Phi) is 4.94. The van der Waals surface area contributed by atoms with Gasteiger partial charge in [-0.3, -0.25) is 14.9 Å². The average molecular weight is 432 g/mol. The summed E-state index contributed by atoms with van der Waals surface area (Å²) in [5, 5.41) is 9.00. The molecule has 1 spiro atoms. The summed E-state index contributed by atoms with van der Waals surface area (Å²) < 4.78 is 5.42. The largest absolute Gasteiger partial charge is 0.378 e. The summed E-state index contributed by atoms with van der Waals surface area (Å²) in [6, 6.07) is 14.6. The van der Waals surface area contributed by atoms with Crippen LogP contribution in [0.5, 0.6) is 0 Å². The predicted molar refractivity (Wildman–Crippen MR) is 118 cm³/mol. The molecular formula is C24H24N4O4. The molecule has 2 unspecified atom stereocenters. The molecule has 1 aromatic heterocycles. The van der Waals surface area contributed by atoms with Gasteiger partial charge in [-0.1, -0.05) is 30.3 Å². The minimum atomic E-state index is -1.27. The molecule has 3 heterocycles. The van der Waals surface area contributed by atoms with E-state index in [0.717, 1.165) is 23.2 Å². The van der Waals surface area contributed by atoms with Gasteiger partial charge in [-0.25, -0.2) is 4.79 Å². The third kappa shape index (κ3) is 3.42. The van der Waals surface area contributed by atoms with Crippen molar-refractivity contribution >= 4 is 28.7 Å². The van der Waals surface area contributed by atoms with E-state index in [1.54, 1.807) is 12.1 Å². The molecule has 2 saturated heterocycles. The van der Waals surface area contributed by atoms with E-state index in [1.165, 1.54) is 10.9 Å². The van der Waals surface area contributed by atoms with Crippen molar-refractivity contribution in [3.05, 3.63) is 70.9 Å². The Labute approximate surface area is 184 Å². The number of aromatic nitrogens is 1. The van der Waals surface area contributed by atoms with Crippen molar-refractivity contribution < 1.29 is 19.1 Å². The number of H-pyrrole nitrogens is 1. The fourth-order valence-corrected chi connectivity index (χ4v) is 4.61. The number of fused-ring (bicyclic) bond motifs is 1. The van der Waals surface area contributed by atoms with Crippen LogP contribution in [0.1, 0.15) is 33.6 Å². The molecule has 5 rings (SSSR count). The lowest BCUT2D eigenvalue weighted by molar-refractivity contribution is -0.130. The Morgan fingerprint density at radius 2 is 1.94 bits per heavy atom. The van der Waals surface area contributed by atoms with Crippen LogP contribution in [0.4, 0.5) is 4.79 Å². The highest BCUT2D eigenvalue weighted by atomic mass is 16.5. The zero-order valence-corrected chi connectivity index (χ0v) is 17.7. The van der Waals surface area contributed by atoms with Gasteiger partial charge in [0, 0.05) is 28.8 Å². The molecule has 2 fully saturated rings. The zero-order valence-electron chi connectivity index (χ0n) is 17.7. The number of aryl methyl sites for hydroxylation is 1. The molecule has 2 atom stereocenters. The van der Waals surface area contributed by atoms with Gasteiger partial charge in [0.05, 0.1) is 12.6 Å². The first-order valence-electron chi connectivity index (χ1n) is 10.6. The van der Waals surface area contributed by atoms with Crippen LogP contribution in [0.3, 0.4) is 0 Å². The van der Waals surface area contributed by atoms with Gasteiger partial charge in [0.1, 0.15) is 0 Å². The predicted octanol–water partition coefficient (Wildman–Crippen LogP) is 2.16. The normalized spacial score (nSPS) is 22.7. The third-order valence-electron chi connectivity index (χ3n) is 6.37. The number of urea groups is 1. The summed E-state index contributed by atoms with van der Waals surface area (Å²) in [5.41, 5.74) is 3.82. The number of benzene rings is 2. The second-order valence-corrected chi connectivity index (χ2v) is 8.39. The molecule has 0 aliphatic carbocycles. The first-order chi connectivity index (χ1) is 15.5. The number of aromatic amines is 1. The second-order valence-electron chi connectivity index (χ2n) is 8.39. The van der Waals surface area contributed by atoms with Crippen molar-refractivity contribution in [3.8, 4) is 0 Å². The quantitative estimate of drug-likeness (QED) is 0.473. The summed E-state index contributed by atoms with van der Waals surface area (Å²) in [4.78, 5) is 40.4. The molecule has 32 heavy (non-hydrogen) atoms. The van der Waals surface area contributed by atoms with E-state index >= 15 is 0 Å². The van der Waals surface area contributed by atoms with Crippen LogP contribution >= 0.6 is 0 Å². The molecule has 0 saturated carbocycles. The van der Waals surface area contributed by atoms with Crippen LogP contribution in [-0.4, -0.2) is 47.6 Å². The van der Waals surface area contributed by atoms with Crippen molar-refractivity contribution in [3.63, 3.8) is 0 Å². The number of nitrogens with one attached hydrogen (secondary N) is 4. The maximum Gasteiger partial charge on any atom is 0.322 e. The van der Waals surface area contributed by atoms with Crippen LogP contribution in [0.2, 0.25) is 0 Å². The summed E-state index contributed by atoms with van der Waals surface area (Å²) in [7, 11) is 0. The number of para-hydroxylation sites is 1. The van der Waals surface area contributed by atoms with Crippen LogP contribution in [0.25, 0.3) is 10.9 Å². The van der Waals surface area contributed by atoms with Gasteiger partial charge >= 0.3 is 6.03 Å². The Hall–Kier alpha value is -3.65. The second kappa shape index (κ2) is 7.80. The molecule has 0 radical (unpaired) electrons. The molecular weight excluding hydrogens is 408 g/mol. The molecule has 3 aromatic rings. The smallest absolute Gasteiger partial charge is 0.322 e. The lowest BCUT2D eigenvalue weighted by Crippen LogP contribution is -2.67. The fourth-order valence-electron chi connectivity index (χ4n) is 4.61. The number of ether oxygens (including phenoxy) is 1. The molecule has 8 heteroatoms. The lowest BCUT2D eigenvalue weighted by atomic mass is 9.86. The van der Waals surface area contributed by atoms with E-state index in [2.05, 4.69) is 40.0 Å². The average Bonchev–Trinajstić information content (AvgIpc) is 3.25. The Morgan fingerprint density at radius 1 is 1.16 bits per heavy atom. The number of imide groups is 1. The summed E-state index contributed by atoms with van der Waals surface area (Å²) >= 11 is 0. The van der Waals surface area contributed by atoms with Crippen molar-refractivity contribution in [2.75, 3.05) is 13.2 Å². The maximum atomic E-state index is 12.9.